The molecule has 70 valence electrons. The molecule has 1 aliphatic rings. The first kappa shape index (κ1) is 8.23. The fraction of sp³-hybridized carbons (Fsp3) is 0.400. The Morgan fingerprint density at radius 1 is 1.46 bits per heavy atom. The van der Waals surface area contributed by atoms with Crippen LogP contribution >= 0.6 is 0 Å². The Kier molecular flexibility index (Phi) is 2.00. The van der Waals surface area contributed by atoms with Gasteiger partial charge in [-0.3, -0.25) is 0 Å². The summed E-state index contributed by atoms with van der Waals surface area (Å²) in [5.41, 5.74) is 2.26. The highest BCUT2D eigenvalue weighted by Gasteiger charge is 2.12. The third-order valence-electron chi connectivity index (χ3n) is 2.34. The van der Waals surface area contributed by atoms with Gasteiger partial charge in [0.2, 0.25) is 0 Å². The van der Waals surface area contributed by atoms with Gasteiger partial charge < -0.3 is 15.2 Å². The molecule has 1 heterocycles. The van der Waals surface area contributed by atoms with Crippen molar-refractivity contribution < 1.29 is 9.84 Å². The number of phenolic OH excluding ortho intramolecular Hbond substituents is 1. The van der Waals surface area contributed by atoms with Crippen LogP contribution in [0, 0.1) is 0 Å². The molecule has 0 aliphatic carbocycles. The van der Waals surface area contributed by atoms with Gasteiger partial charge in [-0.2, -0.15) is 0 Å². The quantitative estimate of drug-likeness (QED) is 0.645. The lowest BCUT2D eigenvalue weighted by Gasteiger charge is -2.19. The Bertz CT molecular complexity index is 323. The van der Waals surface area contributed by atoms with Crippen LogP contribution in [0.5, 0.6) is 11.5 Å². The maximum atomic E-state index is 9.51. The van der Waals surface area contributed by atoms with Crippen LogP contribution < -0.4 is 10.1 Å². The minimum absolute atomic E-state index is 0.227. The van der Waals surface area contributed by atoms with Crippen LogP contribution in [-0.2, 0) is 6.42 Å². The van der Waals surface area contributed by atoms with Crippen molar-refractivity contribution in [1.29, 1.82) is 0 Å². The van der Waals surface area contributed by atoms with Gasteiger partial charge in [-0.15, -0.1) is 0 Å². The predicted molar refractivity (Wildman–Crippen MR) is 51.5 cm³/mol. The molecule has 0 atom stereocenters. The summed E-state index contributed by atoms with van der Waals surface area (Å²) in [5, 5.41) is 12.8. The molecular weight excluding hydrogens is 166 g/mol. The minimum Gasteiger partial charge on any atom is -0.504 e. The lowest BCUT2D eigenvalue weighted by Crippen LogP contribution is -2.11. The number of aryl methyl sites for hydroxylation is 1. The summed E-state index contributed by atoms with van der Waals surface area (Å²) in [7, 11) is 1.56. The van der Waals surface area contributed by atoms with Crippen LogP contribution in [-0.4, -0.2) is 18.8 Å². The van der Waals surface area contributed by atoms with E-state index in [2.05, 4.69) is 5.32 Å². The second-order valence-corrected chi connectivity index (χ2v) is 3.21. The van der Waals surface area contributed by atoms with Crippen molar-refractivity contribution in [2.24, 2.45) is 0 Å². The van der Waals surface area contributed by atoms with E-state index in [1.165, 1.54) is 5.56 Å². The van der Waals surface area contributed by atoms with Crippen molar-refractivity contribution in [2.75, 3.05) is 19.0 Å². The van der Waals surface area contributed by atoms with Gasteiger partial charge in [0.25, 0.3) is 0 Å². The largest absolute Gasteiger partial charge is 0.504 e. The zero-order valence-electron chi connectivity index (χ0n) is 7.63. The van der Waals surface area contributed by atoms with E-state index < -0.39 is 0 Å². The molecule has 13 heavy (non-hydrogen) atoms. The normalized spacial score (nSPS) is 14.5. The standard InChI is InChI=1S/C10H13NO2/c1-13-10-6-8-7(5-9(10)12)3-2-4-11-8/h5-6,11-12H,2-4H2,1H3. The fourth-order valence-corrected chi connectivity index (χ4v) is 1.65. The first-order chi connectivity index (χ1) is 6.31. The maximum Gasteiger partial charge on any atom is 0.162 e. The number of hydrogen-bond donors (Lipinski definition) is 2. The van der Waals surface area contributed by atoms with Gasteiger partial charge in [-0.1, -0.05) is 0 Å². The van der Waals surface area contributed by atoms with Crippen molar-refractivity contribution >= 4 is 5.69 Å². The van der Waals surface area contributed by atoms with Crippen molar-refractivity contribution in [1.82, 2.24) is 0 Å². The number of ether oxygens (including phenoxy) is 1. The summed E-state index contributed by atoms with van der Waals surface area (Å²) in [6, 6.07) is 3.63. The van der Waals surface area contributed by atoms with Crippen LogP contribution in [0.3, 0.4) is 0 Å². The highest BCUT2D eigenvalue weighted by molar-refractivity contribution is 5.61. The molecule has 2 rings (SSSR count). The average molecular weight is 179 g/mol. The molecule has 1 aromatic rings. The number of rotatable bonds is 1. The Morgan fingerprint density at radius 2 is 2.31 bits per heavy atom. The Morgan fingerprint density at radius 3 is 3.08 bits per heavy atom. The molecule has 0 saturated heterocycles. The second-order valence-electron chi connectivity index (χ2n) is 3.21. The van der Waals surface area contributed by atoms with Gasteiger partial charge in [0.1, 0.15) is 0 Å². The summed E-state index contributed by atoms with van der Waals surface area (Å²) >= 11 is 0. The van der Waals surface area contributed by atoms with E-state index in [9.17, 15) is 5.11 Å². The molecule has 0 radical (unpaired) electrons. The van der Waals surface area contributed by atoms with E-state index in [-0.39, 0.29) is 5.75 Å². The van der Waals surface area contributed by atoms with E-state index in [0.29, 0.717) is 5.75 Å². The first-order valence-electron chi connectivity index (χ1n) is 4.45. The first-order valence-corrected chi connectivity index (χ1v) is 4.45. The summed E-state index contributed by atoms with van der Waals surface area (Å²) in [6.45, 7) is 1.00. The third-order valence-corrected chi connectivity index (χ3v) is 2.34. The van der Waals surface area contributed by atoms with Gasteiger partial charge >= 0.3 is 0 Å². The zero-order chi connectivity index (χ0) is 9.26. The van der Waals surface area contributed by atoms with Crippen LogP contribution in [0.4, 0.5) is 5.69 Å². The van der Waals surface area contributed by atoms with Gasteiger partial charge in [-0.25, -0.2) is 0 Å². The SMILES string of the molecule is COc1cc2c(cc1O)CCCN2. The molecule has 0 saturated carbocycles. The number of benzene rings is 1. The topological polar surface area (TPSA) is 41.5 Å². The van der Waals surface area contributed by atoms with Crippen molar-refractivity contribution in [3.63, 3.8) is 0 Å². The van der Waals surface area contributed by atoms with Crippen LogP contribution in [0.15, 0.2) is 12.1 Å². The highest BCUT2D eigenvalue weighted by Crippen LogP contribution is 2.34. The number of methoxy groups -OCH3 is 1. The molecule has 0 aromatic heterocycles. The Balaban J connectivity index is 2.44. The van der Waals surface area contributed by atoms with Gasteiger partial charge in [0.05, 0.1) is 7.11 Å². The summed E-state index contributed by atoms with van der Waals surface area (Å²) in [4.78, 5) is 0. The molecule has 0 fully saturated rings. The van der Waals surface area contributed by atoms with Crippen LogP contribution in [0.2, 0.25) is 0 Å². The maximum absolute atomic E-state index is 9.51. The predicted octanol–water partition coefficient (Wildman–Crippen LogP) is 1.76. The van der Waals surface area contributed by atoms with Gasteiger partial charge in [-0.05, 0) is 24.5 Å². The van der Waals surface area contributed by atoms with Gasteiger partial charge in [0, 0.05) is 18.3 Å². The lowest BCUT2D eigenvalue weighted by atomic mass is 10.0. The molecule has 0 spiro atoms. The van der Waals surface area contributed by atoms with E-state index in [1.807, 2.05) is 6.07 Å². The fourth-order valence-electron chi connectivity index (χ4n) is 1.65. The monoisotopic (exact) mass is 179 g/mol. The summed E-state index contributed by atoms with van der Waals surface area (Å²) in [6.07, 6.45) is 2.15. The smallest absolute Gasteiger partial charge is 0.162 e. The summed E-state index contributed by atoms with van der Waals surface area (Å²) in [5.74, 6) is 0.762. The van der Waals surface area contributed by atoms with Crippen molar-refractivity contribution in [3.05, 3.63) is 17.7 Å². The number of aromatic hydroxyl groups is 1. The number of fused-ring (bicyclic) bond motifs is 1. The molecule has 3 heteroatoms. The van der Waals surface area contributed by atoms with Crippen LogP contribution in [0.25, 0.3) is 0 Å². The van der Waals surface area contributed by atoms with E-state index in [0.717, 1.165) is 25.1 Å². The average Bonchev–Trinajstić information content (AvgIpc) is 2.17. The molecule has 2 N–H and O–H groups in total. The molecular formula is C10H13NO2. The molecule has 3 nitrogen and oxygen atoms in total. The van der Waals surface area contributed by atoms with Crippen molar-refractivity contribution in [3.8, 4) is 11.5 Å². The van der Waals surface area contributed by atoms with Crippen molar-refractivity contribution in [2.45, 2.75) is 12.8 Å². The number of hydrogen-bond acceptors (Lipinski definition) is 3. The van der Waals surface area contributed by atoms with Crippen LogP contribution in [0.1, 0.15) is 12.0 Å². The Labute approximate surface area is 77.3 Å². The zero-order valence-corrected chi connectivity index (χ0v) is 7.63. The number of anilines is 1. The third kappa shape index (κ3) is 1.41. The molecule has 1 aromatic carbocycles. The lowest BCUT2D eigenvalue weighted by molar-refractivity contribution is 0.373. The molecule has 0 unspecified atom stereocenters. The highest BCUT2D eigenvalue weighted by atomic mass is 16.5. The summed E-state index contributed by atoms with van der Waals surface area (Å²) < 4.78 is 5.02. The Hall–Kier alpha value is -1.38. The van der Waals surface area contributed by atoms with E-state index >= 15 is 0 Å². The number of phenols is 1. The molecule has 0 amide bonds. The van der Waals surface area contributed by atoms with Gasteiger partial charge in [0.15, 0.2) is 11.5 Å². The van der Waals surface area contributed by atoms with E-state index in [1.54, 1.807) is 13.2 Å². The second kappa shape index (κ2) is 3.17. The van der Waals surface area contributed by atoms with E-state index in [4.69, 9.17) is 4.74 Å². The molecule has 1 aliphatic heterocycles. The number of nitrogens with one attached hydrogen (secondary N) is 1. The molecule has 0 bridgehead atoms. The minimum atomic E-state index is 0.227.